The van der Waals surface area contributed by atoms with Crippen molar-refractivity contribution < 1.29 is 9.72 Å². The maximum Gasteiger partial charge on any atom is 0.343 e. The summed E-state index contributed by atoms with van der Waals surface area (Å²) >= 11 is 1.10. The third kappa shape index (κ3) is 4.44. The predicted molar refractivity (Wildman–Crippen MR) is 90.2 cm³/mol. The van der Waals surface area contributed by atoms with Gasteiger partial charge in [-0.05, 0) is 12.5 Å². The topological polar surface area (TPSA) is 123 Å². The highest BCUT2D eigenvalue weighted by molar-refractivity contribution is 7.99. The lowest BCUT2D eigenvalue weighted by Gasteiger charge is -2.06. The molecular weight excluding hydrogens is 334 g/mol. The second-order valence-electron chi connectivity index (χ2n) is 4.93. The van der Waals surface area contributed by atoms with Gasteiger partial charge in [-0.3, -0.25) is 19.5 Å². The Hall–Kier alpha value is -2.62. The molecule has 24 heavy (non-hydrogen) atoms. The van der Waals surface area contributed by atoms with E-state index in [0.717, 1.165) is 24.6 Å². The van der Waals surface area contributed by atoms with Gasteiger partial charge in [0.1, 0.15) is 5.69 Å². The summed E-state index contributed by atoms with van der Waals surface area (Å²) in [5.74, 6) is -0.422. The highest BCUT2D eigenvalue weighted by Gasteiger charge is 2.16. The number of anilines is 1. The molecule has 0 unspecified atom stereocenters. The van der Waals surface area contributed by atoms with Crippen LogP contribution in [0.1, 0.15) is 19.8 Å². The van der Waals surface area contributed by atoms with Gasteiger partial charge in [0.15, 0.2) is 5.16 Å². The van der Waals surface area contributed by atoms with Gasteiger partial charge >= 0.3 is 5.69 Å². The number of para-hydroxylation sites is 2. The SMILES string of the molecule is CCCCn1c(SCC(=O)Nc2ccccc2[N+](=O)[O-])n[nH]c1=O. The molecule has 0 aliphatic carbocycles. The number of nitrogens with zero attached hydrogens (tertiary/aromatic N) is 3. The van der Waals surface area contributed by atoms with E-state index in [0.29, 0.717) is 11.7 Å². The molecule has 1 heterocycles. The first-order valence-corrected chi connectivity index (χ1v) is 8.32. The minimum Gasteiger partial charge on any atom is -0.320 e. The fourth-order valence-corrected chi connectivity index (χ4v) is 2.75. The van der Waals surface area contributed by atoms with E-state index >= 15 is 0 Å². The number of rotatable bonds is 8. The van der Waals surface area contributed by atoms with Crippen LogP contribution >= 0.6 is 11.8 Å². The number of benzene rings is 1. The summed E-state index contributed by atoms with van der Waals surface area (Å²) in [7, 11) is 0. The molecule has 0 saturated carbocycles. The van der Waals surface area contributed by atoms with Gasteiger partial charge in [-0.2, -0.15) is 0 Å². The molecule has 0 fully saturated rings. The summed E-state index contributed by atoms with van der Waals surface area (Å²) in [5, 5.41) is 20.1. The van der Waals surface area contributed by atoms with Crippen LogP contribution in [-0.4, -0.2) is 31.3 Å². The molecule has 0 bridgehead atoms. The van der Waals surface area contributed by atoms with Gasteiger partial charge in [-0.1, -0.05) is 37.2 Å². The van der Waals surface area contributed by atoms with E-state index in [9.17, 15) is 19.7 Å². The van der Waals surface area contributed by atoms with E-state index in [2.05, 4.69) is 15.5 Å². The molecule has 0 aliphatic rings. The van der Waals surface area contributed by atoms with E-state index in [4.69, 9.17) is 0 Å². The van der Waals surface area contributed by atoms with Crippen LogP contribution in [0.3, 0.4) is 0 Å². The average Bonchev–Trinajstić information content (AvgIpc) is 2.91. The fraction of sp³-hybridized carbons (Fsp3) is 0.357. The molecule has 1 aromatic heterocycles. The molecule has 2 N–H and O–H groups in total. The van der Waals surface area contributed by atoms with Crippen molar-refractivity contribution in [3.8, 4) is 0 Å². The highest BCUT2D eigenvalue weighted by Crippen LogP contribution is 2.23. The average molecular weight is 351 g/mol. The largest absolute Gasteiger partial charge is 0.343 e. The first-order valence-electron chi connectivity index (χ1n) is 7.34. The van der Waals surface area contributed by atoms with Crippen LogP contribution in [-0.2, 0) is 11.3 Å². The predicted octanol–water partition coefficient (Wildman–Crippen LogP) is 2.01. The second kappa shape index (κ2) is 8.29. The van der Waals surface area contributed by atoms with Gasteiger partial charge in [-0.25, -0.2) is 9.89 Å². The zero-order valence-electron chi connectivity index (χ0n) is 13.0. The minimum absolute atomic E-state index is 0.0114. The number of unbranched alkanes of at least 4 members (excludes halogenated alkanes) is 1. The van der Waals surface area contributed by atoms with Crippen LogP contribution in [0.2, 0.25) is 0 Å². The lowest BCUT2D eigenvalue weighted by molar-refractivity contribution is -0.383. The number of carbonyl (C=O) groups is 1. The molecule has 2 rings (SSSR count). The number of hydrogen-bond acceptors (Lipinski definition) is 6. The molecule has 10 heteroatoms. The van der Waals surface area contributed by atoms with Crippen LogP contribution < -0.4 is 11.0 Å². The van der Waals surface area contributed by atoms with Crippen molar-refractivity contribution in [2.45, 2.75) is 31.5 Å². The summed E-state index contributed by atoms with van der Waals surface area (Å²) < 4.78 is 1.48. The third-order valence-electron chi connectivity index (χ3n) is 3.17. The number of nitro benzene ring substituents is 1. The number of thioether (sulfide) groups is 1. The molecule has 9 nitrogen and oxygen atoms in total. The maximum atomic E-state index is 12.0. The summed E-state index contributed by atoms with van der Waals surface area (Å²) in [6.07, 6.45) is 1.76. The van der Waals surface area contributed by atoms with Crippen molar-refractivity contribution in [3.63, 3.8) is 0 Å². The number of nitro groups is 1. The number of aromatic amines is 1. The third-order valence-corrected chi connectivity index (χ3v) is 4.14. The zero-order chi connectivity index (χ0) is 17.5. The summed E-state index contributed by atoms with van der Waals surface area (Å²) in [4.78, 5) is 34.0. The number of amides is 1. The first-order chi connectivity index (χ1) is 11.5. The Bertz CT molecular complexity index is 785. The molecule has 128 valence electrons. The molecule has 2 aromatic rings. The Kier molecular flexibility index (Phi) is 6.13. The van der Waals surface area contributed by atoms with Crippen molar-refractivity contribution in [2.24, 2.45) is 0 Å². The number of carbonyl (C=O) groups excluding carboxylic acids is 1. The molecule has 0 atom stereocenters. The maximum absolute atomic E-state index is 12.0. The molecular formula is C14H17N5O4S. The smallest absolute Gasteiger partial charge is 0.320 e. The Morgan fingerprint density at radius 1 is 1.46 bits per heavy atom. The van der Waals surface area contributed by atoms with E-state index in [1.807, 2.05) is 6.92 Å². The van der Waals surface area contributed by atoms with Crippen LogP contribution in [0.5, 0.6) is 0 Å². The minimum atomic E-state index is -0.557. The Morgan fingerprint density at radius 2 is 2.21 bits per heavy atom. The lowest BCUT2D eigenvalue weighted by atomic mass is 10.2. The van der Waals surface area contributed by atoms with E-state index in [1.165, 1.54) is 22.8 Å². The highest BCUT2D eigenvalue weighted by atomic mass is 32.2. The normalized spacial score (nSPS) is 10.5. The summed E-state index contributed by atoms with van der Waals surface area (Å²) in [6.45, 7) is 2.54. The van der Waals surface area contributed by atoms with Crippen molar-refractivity contribution in [1.82, 2.24) is 14.8 Å². The quantitative estimate of drug-likeness (QED) is 0.426. The van der Waals surface area contributed by atoms with Crippen LogP contribution in [0, 0.1) is 10.1 Å². The van der Waals surface area contributed by atoms with E-state index < -0.39 is 10.8 Å². The lowest BCUT2D eigenvalue weighted by Crippen LogP contribution is -2.19. The molecule has 0 radical (unpaired) electrons. The van der Waals surface area contributed by atoms with Gasteiger partial charge in [0, 0.05) is 12.6 Å². The van der Waals surface area contributed by atoms with Gasteiger partial charge in [0.05, 0.1) is 10.7 Å². The monoisotopic (exact) mass is 351 g/mol. The fourth-order valence-electron chi connectivity index (χ4n) is 1.98. The number of aromatic nitrogens is 3. The van der Waals surface area contributed by atoms with Crippen LogP contribution in [0.25, 0.3) is 0 Å². The van der Waals surface area contributed by atoms with Gasteiger partial charge in [0.2, 0.25) is 5.91 Å². The molecule has 0 spiro atoms. The summed E-state index contributed by atoms with van der Waals surface area (Å²) in [6, 6.07) is 5.91. The van der Waals surface area contributed by atoms with Crippen molar-refractivity contribution in [2.75, 3.05) is 11.1 Å². The van der Waals surface area contributed by atoms with Gasteiger partial charge in [-0.15, -0.1) is 5.10 Å². The Labute approximate surface area is 141 Å². The molecule has 1 aromatic carbocycles. The van der Waals surface area contributed by atoms with Crippen molar-refractivity contribution >= 4 is 29.0 Å². The standard InChI is InChI=1S/C14H17N5O4S/c1-2-3-8-18-13(21)16-17-14(18)24-9-12(20)15-10-6-4-5-7-11(10)19(22)23/h4-7H,2-3,8-9H2,1H3,(H,15,20)(H,16,21). The van der Waals surface area contributed by atoms with Crippen molar-refractivity contribution in [1.29, 1.82) is 0 Å². The van der Waals surface area contributed by atoms with Crippen LogP contribution in [0.4, 0.5) is 11.4 Å². The summed E-state index contributed by atoms with van der Waals surface area (Å²) in [5.41, 5.74) is -0.348. The first kappa shape index (κ1) is 17.7. The molecule has 0 aliphatic heterocycles. The van der Waals surface area contributed by atoms with Gasteiger partial charge in [0.25, 0.3) is 5.69 Å². The number of hydrogen-bond donors (Lipinski definition) is 2. The molecule has 1 amide bonds. The van der Waals surface area contributed by atoms with Gasteiger partial charge < -0.3 is 5.32 Å². The zero-order valence-corrected chi connectivity index (χ0v) is 13.8. The Balaban J connectivity index is 2.00. The second-order valence-corrected chi connectivity index (χ2v) is 5.87. The Morgan fingerprint density at radius 3 is 2.92 bits per heavy atom. The molecule has 0 saturated heterocycles. The number of nitrogens with one attached hydrogen (secondary N) is 2. The van der Waals surface area contributed by atoms with Crippen molar-refractivity contribution in [3.05, 3.63) is 44.9 Å². The van der Waals surface area contributed by atoms with E-state index in [-0.39, 0.29) is 22.8 Å². The number of H-pyrrole nitrogens is 1. The van der Waals surface area contributed by atoms with E-state index in [1.54, 1.807) is 6.07 Å². The van der Waals surface area contributed by atoms with Crippen LogP contribution in [0.15, 0.2) is 34.2 Å².